The minimum absolute atomic E-state index is 0.180. The van der Waals surface area contributed by atoms with Gasteiger partial charge in [-0.3, -0.25) is 9.58 Å². The Morgan fingerprint density at radius 2 is 1.45 bits per heavy atom. The van der Waals surface area contributed by atoms with Gasteiger partial charge in [-0.2, -0.15) is 5.10 Å². The highest BCUT2D eigenvalue weighted by Gasteiger charge is 2.42. The van der Waals surface area contributed by atoms with Crippen molar-refractivity contribution in [3.63, 3.8) is 0 Å². The van der Waals surface area contributed by atoms with E-state index in [4.69, 9.17) is 54.6 Å². The van der Waals surface area contributed by atoms with Gasteiger partial charge in [-0.05, 0) is 63.1 Å². The molecule has 0 radical (unpaired) electrons. The van der Waals surface area contributed by atoms with Crippen molar-refractivity contribution < 1.29 is 37.9 Å². The lowest BCUT2D eigenvalue weighted by Gasteiger charge is -2.43. The Bertz CT molecular complexity index is 1810. The van der Waals surface area contributed by atoms with Crippen LogP contribution in [0.15, 0.2) is 49.4 Å². The molecule has 3 fully saturated rings. The molecular formula is C42H60ClN9O8. The Balaban J connectivity index is 0.908. The van der Waals surface area contributed by atoms with E-state index in [0.717, 1.165) is 55.7 Å². The summed E-state index contributed by atoms with van der Waals surface area (Å²) >= 11 is 6.52. The molecule has 4 aromatic rings. The van der Waals surface area contributed by atoms with E-state index in [-0.39, 0.29) is 12.1 Å². The number of benzene rings is 1. The van der Waals surface area contributed by atoms with Gasteiger partial charge in [-0.1, -0.05) is 17.7 Å². The number of aromatic nitrogens is 7. The van der Waals surface area contributed by atoms with Gasteiger partial charge in [0, 0.05) is 56.2 Å². The summed E-state index contributed by atoms with van der Waals surface area (Å²) in [7, 11) is 1.65. The normalized spacial score (nSPS) is 21.0. The predicted molar refractivity (Wildman–Crippen MR) is 224 cm³/mol. The molecule has 2 aliphatic heterocycles. The van der Waals surface area contributed by atoms with Gasteiger partial charge in [0.05, 0.1) is 96.5 Å². The van der Waals surface area contributed by atoms with E-state index in [0.29, 0.717) is 120 Å². The molecule has 0 spiro atoms. The maximum absolute atomic E-state index is 6.52. The molecule has 3 atom stereocenters. The zero-order valence-electron chi connectivity index (χ0n) is 34.9. The quantitative estimate of drug-likeness (QED) is 0.0774. The molecule has 328 valence electrons. The summed E-state index contributed by atoms with van der Waals surface area (Å²) in [5, 5.41) is 13.0. The number of nitrogens with zero attached hydrogens (tertiary/aromatic N) is 8. The van der Waals surface area contributed by atoms with Gasteiger partial charge in [-0.15, -0.1) is 5.10 Å². The highest BCUT2D eigenvalue weighted by Crippen LogP contribution is 2.40. The lowest BCUT2D eigenvalue weighted by atomic mass is 9.89. The molecule has 0 unspecified atom stereocenters. The van der Waals surface area contributed by atoms with Gasteiger partial charge < -0.3 is 43.2 Å². The van der Waals surface area contributed by atoms with Crippen LogP contribution in [0, 0.1) is 0 Å². The van der Waals surface area contributed by atoms with Crippen LogP contribution < -0.4 is 14.8 Å². The maximum Gasteiger partial charge on any atom is 0.256 e. The first-order valence-electron chi connectivity index (χ1n) is 21.3. The van der Waals surface area contributed by atoms with Gasteiger partial charge in [0.1, 0.15) is 30.2 Å². The van der Waals surface area contributed by atoms with Crippen molar-refractivity contribution in [2.75, 3.05) is 91.7 Å². The van der Waals surface area contributed by atoms with E-state index in [9.17, 15) is 0 Å². The van der Waals surface area contributed by atoms with Crippen LogP contribution in [0.1, 0.15) is 57.9 Å². The summed E-state index contributed by atoms with van der Waals surface area (Å²) in [6.45, 7) is 9.47. The molecule has 2 bridgehead atoms. The second-order valence-electron chi connectivity index (χ2n) is 15.4. The molecule has 18 heteroatoms. The van der Waals surface area contributed by atoms with Gasteiger partial charge in [0.25, 0.3) is 5.88 Å². The predicted octanol–water partition coefficient (Wildman–Crippen LogP) is 5.62. The second kappa shape index (κ2) is 23.3. The number of morpholine rings is 1. The molecule has 1 aromatic carbocycles. The molecule has 17 nitrogen and oxygen atoms in total. The van der Waals surface area contributed by atoms with Crippen molar-refractivity contribution in [2.45, 2.75) is 88.7 Å². The molecule has 0 amide bonds. The molecule has 3 aromatic heterocycles. The van der Waals surface area contributed by atoms with Crippen LogP contribution in [-0.4, -0.2) is 150 Å². The number of hydrogen-bond donors (Lipinski definition) is 1. The van der Waals surface area contributed by atoms with E-state index in [2.05, 4.69) is 34.9 Å². The Labute approximate surface area is 357 Å². The van der Waals surface area contributed by atoms with Crippen molar-refractivity contribution in [3.05, 3.63) is 54.5 Å². The Morgan fingerprint density at radius 3 is 2.12 bits per heavy atom. The third-order valence-corrected chi connectivity index (χ3v) is 11.4. The fourth-order valence-electron chi connectivity index (χ4n) is 8.15. The van der Waals surface area contributed by atoms with Crippen LogP contribution in [0.25, 0.3) is 11.1 Å². The number of halogens is 1. The minimum Gasteiger partial charge on any atom is -0.487 e. The smallest absolute Gasteiger partial charge is 0.256 e. The Kier molecular flexibility index (Phi) is 17.2. The highest BCUT2D eigenvalue weighted by molar-refractivity contribution is 6.32. The zero-order chi connectivity index (χ0) is 41.4. The summed E-state index contributed by atoms with van der Waals surface area (Å²) in [4.78, 5) is 16.1. The Hall–Kier alpha value is -3.94. The van der Waals surface area contributed by atoms with Crippen LogP contribution >= 0.6 is 11.6 Å². The van der Waals surface area contributed by atoms with Crippen molar-refractivity contribution in [1.29, 1.82) is 0 Å². The number of anilines is 2. The molecule has 7 rings (SSSR count). The van der Waals surface area contributed by atoms with E-state index < -0.39 is 0 Å². The lowest BCUT2D eigenvalue weighted by Crippen LogP contribution is -2.52. The molecule has 1 aliphatic carbocycles. The van der Waals surface area contributed by atoms with Crippen molar-refractivity contribution in [2.24, 2.45) is 0 Å². The summed E-state index contributed by atoms with van der Waals surface area (Å²) in [5.41, 5.74) is 2.42. The summed E-state index contributed by atoms with van der Waals surface area (Å²) in [6, 6.07) is 7.69. The molecule has 1 N–H and O–H groups in total. The number of ether oxygens (including phenoxy) is 8. The molecule has 60 heavy (non-hydrogen) atoms. The monoisotopic (exact) mass is 853 g/mol. The Morgan fingerprint density at radius 1 is 0.800 bits per heavy atom. The largest absolute Gasteiger partial charge is 0.487 e. The number of nitrogens with one attached hydrogen (secondary N) is 1. The van der Waals surface area contributed by atoms with Gasteiger partial charge in [-0.25, -0.2) is 19.6 Å². The summed E-state index contributed by atoms with van der Waals surface area (Å²) in [5.74, 6) is 1.52. The van der Waals surface area contributed by atoms with E-state index >= 15 is 0 Å². The first kappa shape index (κ1) is 44.1. The van der Waals surface area contributed by atoms with Gasteiger partial charge in [0.15, 0.2) is 0 Å². The van der Waals surface area contributed by atoms with Crippen LogP contribution in [0.4, 0.5) is 11.6 Å². The number of methoxy groups -OCH3 is 1. The first-order valence-corrected chi connectivity index (χ1v) is 21.7. The van der Waals surface area contributed by atoms with E-state index in [1.54, 1.807) is 30.5 Å². The van der Waals surface area contributed by atoms with Crippen LogP contribution in [0.5, 0.6) is 11.6 Å². The van der Waals surface area contributed by atoms with Gasteiger partial charge >= 0.3 is 0 Å². The van der Waals surface area contributed by atoms with Crippen molar-refractivity contribution in [1.82, 2.24) is 39.4 Å². The number of fused-ring (bicyclic) bond motifs is 2. The summed E-state index contributed by atoms with van der Waals surface area (Å²) < 4.78 is 49.3. The number of rotatable bonds is 26. The maximum atomic E-state index is 6.52. The van der Waals surface area contributed by atoms with Crippen molar-refractivity contribution >= 4 is 23.2 Å². The molecule has 2 saturated heterocycles. The van der Waals surface area contributed by atoms with Gasteiger partial charge in [0.2, 0.25) is 5.95 Å². The van der Waals surface area contributed by atoms with Crippen LogP contribution in [-0.2, 0) is 35.0 Å². The highest BCUT2D eigenvalue weighted by atomic mass is 35.5. The standard InChI is InChI=1S/C42H60ClN9O8/c1-31(25-50-30-44-29-47-50)60-40-22-32(4-11-38(40)43)33-23-45-42(46-24-33)48-39-26-51(34-5-7-35(8-6-34)52-36-9-10-37(52)28-58-27-36)49-41(39)59-13-3-12-54-16-17-56-20-21-57-19-18-55-15-14-53-2/h4,11,22-24,26,29-31,34-37H,3,5-10,12-21,25,27-28H2,1-2H3,(H,45,46,48)/t31-,34?,35?,36-,37+/m0/s1. The van der Waals surface area contributed by atoms with E-state index in [1.165, 1.54) is 19.2 Å². The van der Waals surface area contributed by atoms with Crippen molar-refractivity contribution in [3.8, 4) is 22.8 Å². The first-order chi connectivity index (χ1) is 29.5. The topological polar surface area (TPSA) is 163 Å². The fraction of sp³-hybridized carbons (Fsp3) is 0.643. The molecule has 1 saturated carbocycles. The third kappa shape index (κ3) is 12.8. The molecular weight excluding hydrogens is 794 g/mol. The molecule has 3 aliphatic rings. The summed E-state index contributed by atoms with van der Waals surface area (Å²) in [6.07, 6.45) is 16.2. The third-order valence-electron chi connectivity index (χ3n) is 11.1. The fourth-order valence-corrected chi connectivity index (χ4v) is 8.31. The molecule has 5 heterocycles. The second-order valence-corrected chi connectivity index (χ2v) is 15.8. The minimum atomic E-state index is -0.180. The number of hydrogen-bond acceptors (Lipinski definition) is 15. The van der Waals surface area contributed by atoms with Crippen LogP contribution in [0.3, 0.4) is 0 Å². The SMILES string of the molecule is COCCOCCOCCOCCOCCCOc1nn(C2CCC(N3[C@@H]4CC[C@H]3COC4)CC2)cc1Nc1ncc(-c2ccc(Cl)c(O[C@@H](C)Cn3cncn3)c2)cn1. The average Bonchev–Trinajstić information content (AvgIpc) is 3.99. The van der Waals surface area contributed by atoms with Crippen LogP contribution in [0.2, 0.25) is 5.02 Å². The lowest BCUT2D eigenvalue weighted by molar-refractivity contribution is -0.0458. The van der Waals surface area contributed by atoms with E-state index in [1.807, 2.05) is 31.3 Å². The average molecular weight is 854 g/mol. The zero-order valence-corrected chi connectivity index (χ0v) is 35.6.